The molecule has 1 aromatic heterocycles. The number of benzene rings is 2. The molecular formula is C25H21N3O6. The number of nitrogens with zero attached hydrogens (tertiary/aromatic N) is 3. The van der Waals surface area contributed by atoms with Crippen LogP contribution >= 0.6 is 0 Å². The Labute approximate surface area is 195 Å². The fourth-order valence-corrected chi connectivity index (χ4v) is 4.07. The van der Waals surface area contributed by atoms with E-state index < -0.39 is 22.7 Å². The molecule has 3 aromatic rings. The van der Waals surface area contributed by atoms with Gasteiger partial charge in [-0.25, -0.2) is 0 Å². The molecule has 0 unspecified atom stereocenters. The Morgan fingerprint density at radius 1 is 1.18 bits per heavy atom. The summed E-state index contributed by atoms with van der Waals surface area (Å²) in [5.41, 5.74) is 1.73. The first-order chi connectivity index (χ1) is 16.3. The van der Waals surface area contributed by atoms with Crippen LogP contribution in [0.1, 0.15) is 28.3 Å². The summed E-state index contributed by atoms with van der Waals surface area (Å²) in [5.74, 6) is -1.45. The topological polar surface area (TPSA) is 123 Å². The standard InChI is InChI=1S/C25H21N3O6/c1-15-11-18(8-9-20(15)34-2)23(29)21-22(17-6-3-7-19(12-17)28(32)33)27(25(31)24(21)30)14-16-5-4-10-26-13-16/h3-13,22,29H,14H2,1-2H3/b23-21+/t22-/m0/s1. The quantitative estimate of drug-likeness (QED) is 0.195. The molecule has 1 aliphatic heterocycles. The van der Waals surface area contributed by atoms with Crippen molar-refractivity contribution in [2.45, 2.75) is 19.5 Å². The number of ether oxygens (including phenoxy) is 1. The maximum absolute atomic E-state index is 13.1. The van der Waals surface area contributed by atoms with Crippen LogP contribution in [0.15, 0.2) is 72.6 Å². The van der Waals surface area contributed by atoms with Gasteiger partial charge in [0.25, 0.3) is 17.4 Å². The highest BCUT2D eigenvalue weighted by Gasteiger charge is 2.46. The Bertz CT molecular complexity index is 1320. The number of carbonyl (C=O) groups excluding carboxylic acids is 2. The summed E-state index contributed by atoms with van der Waals surface area (Å²) in [6.07, 6.45) is 3.15. The van der Waals surface area contributed by atoms with Crippen LogP contribution in [0.3, 0.4) is 0 Å². The maximum Gasteiger partial charge on any atom is 0.295 e. The van der Waals surface area contributed by atoms with Crippen LogP contribution in [-0.4, -0.2) is 38.7 Å². The number of ketones is 1. The molecule has 0 aliphatic carbocycles. The molecule has 9 nitrogen and oxygen atoms in total. The molecule has 4 rings (SSSR count). The summed E-state index contributed by atoms with van der Waals surface area (Å²) < 4.78 is 5.26. The zero-order valence-electron chi connectivity index (χ0n) is 18.5. The highest BCUT2D eigenvalue weighted by Crippen LogP contribution is 2.41. The fourth-order valence-electron chi connectivity index (χ4n) is 4.07. The molecule has 1 atom stereocenters. The van der Waals surface area contributed by atoms with Crippen molar-refractivity contribution >= 4 is 23.1 Å². The van der Waals surface area contributed by atoms with Gasteiger partial charge in [0, 0.05) is 36.6 Å². The fraction of sp³-hybridized carbons (Fsp3) is 0.160. The monoisotopic (exact) mass is 459 g/mol. The van der Waals surface area contributed by atoms with Gasteiger partial charge < -0.3 is 14.7 Å². The Morgan fingerprint density at radius 2 is 1.97 bits per heavy atom. The first-order valence-electron chi connectivity index (χ1n) is 10.4. The van der Waals surface area contributed by atoms with Crippen molar-refractivity contribution in [3.8, 4) is 5.75 Å². The molecule has 0 radical (unpaired) electrons. The summed E-state index contributed by atoms with van der Waals surface area (Å²) >= 11 is 0. The Kier molecular flexibility index (Phi) is 6.09. The number of Topliss-reactive ketones (excluding diaryl/α,β-unsaturated/α-hetero) is 1. The van der Waals surface area contributed by atoms with Crippen LogP contribution in [0.5, 0.6) is 5.75 Å². The molecule has 1 amide bonds. The number of aliphatic hydroxyl groups excluding tert-OH is 1. The number of amides is 1. The molecule has 1 N–H and O–H groups in total. The van der Waals surface area contributed by atoms with E-state index in [-0.39, 0.29) is 23.6 Å². The number of aromatic nitrogens is 1. The third-order valence-electron chi connectivity index (χ3n) is 5.68. The van der Waals surface area contributed by atoms with Gasteiger partial charge in [-0.05, 0) is 47.9 Å². The number of carbonyl (C=O) groups is 2. The molecule has 1 saturated heterocycles. The van der Waals surface area contributed by atoms with Crippen molar-refractivity contribution in [1.82, 2.24) is 9.88 Å². The van der Waals surface area contributed by atoms with Crippen molar-refractivity contribution in [1.29, 1.82) is 0 Å². The average molecular weight is 459 g/mol. The number of methoxy groups -OCH3 is 1. The zero-order valence-corrected chi connectivity index (χ0v) is 18.5. The van der Waals surface area contributed by atoms with E-state index in [0.717, 1.165) is 5.56 Å². The number of pyridine rings is 1. The third kappa shape index (κ3) is 4.11. The lowest BCUT2D eigenvalue weighted by Gasteiger charge is -2.25. The van der Waals surface area contributed by atoms with E-state index in [1.165, 1.54) is 30.2 Å². The van der Waals surface area contributed by atoms with Gasteiger partial charge in [0.2, 0.25) is 0 Å². The van der Waals surface area contributed by atoms with Crippen LogP contribution in [0, 0.1) is 17.0 Å². The second-order valence-corrected chi connectivity index (χ2v) is 7.82. The molecule has 2 heterocycles. The first-order valence-corrected chi connectivity index (χ1v) is 10.4. The minimum Gasteiger partial charge on any atom is -0.507 e. The summed E-state index contributed by atoms with van der Waals surface area (Å²) in [6.45, 7) is 1.82. The van der Waals surface area contributed by atoms with Crippen molar-refractivity contribution in [2.24, 2.45) is 0 Å². The molecule has 0 bridgehead atoms. The number of nitro groups is 1. The summed E-state index contributed by atoms with van der Waals surface area (Å²) in [4.78, 5) is 42.4. The SMILES string of the molecule is COc1ccc(/C(O)=C2\C(=O)C(=O)N(Cc3cccnc3)[C@H]2c2cccc([N+](=O)[O-])c2)cc1C. The summed E-state index contributed by atoms with van der Waals surface area (Å²) in [7, 11) is 1.52. The van der Waals surface area contributed by atoms with Gasteiger partial charge >= 0.3 is 0 Å². The first kappa shape index (κ1) is 22.7. The van der Waals surface area contributed by atoms with Gasteiger partial charge in [-0.3, -0.25) is 24.7 Å². The largest absolute Gasteiger partial charge is 0.507 e. The predicted octanol–water partition coefficient (Wildman–Crippen LogP) is 3.93. The molecule has 9 heteroatoms. The lowest BCUT2D eigenvalue weighted by molar-refractivity contribution is -0.384. The van der Waals surface area contributed by atoms with Crippen molar-refractivity contribution in [3.05, 3.63) is 105 Å². The lowest BCUT2D eigenvalue weighted by Crippen LogP contribution is -2.29. The second kappa shape index (κ2) is 9.14. The van der Waals surface area contributed by atoms with Crippen molar-refractivity contribution in [3.63, 3.8) is 0 Å². The lowest BCUT2D eigenvalue weighted by atomic mass is 9.94. The second-order valence-electron chi connectivity index (χ2n) is 7.82. The van der Waals surface area contributed by atoms with E-state index >= 15 is 0 Å². The highest BCUT2D eigenvalue weighted by molar-refractivity contribution is 6.46. The van der Waals surface area contributed by atoms with Gasteiger partial charge in [0.15, 0.2) is 0 Å². The van der Waals surface area contributed by atoms with Crippen LogP contribution in [-0.2, 0) is 16.1 Å². The normalized spacial score (nSPS) is 17.1. The summed E-state index contributed by atoms with van der Waals surface area (Å²) in [6, 6.07) is 13.0. The van der Waals surface area contributed by atoms with E-state index in [2.05, 4.69) is 4.98 Å². The molecule has 0 spiro atoms. The van der Waals surface area contributed by atoms with Gasteiger partial charge in [0.1, 0.15) is 11.5 Å². The van der Waals surface area contributed by atoms with Crippen LogP contribution < -0.4 is 4.74 Å². The minimum atomic E-state index is -1.03. The number of likely N-dealkylation sites (tertiary alicyclic amines) is 1. The number of hydrogen-bond acceptors (Lipinski definition) is 7. The molecule has 172 valence electrons. The van der Waals surface area contributed by atoms with Gasteiger partial charge in [-0.15, -0.1) is 0 Å². The number of rotatable bonds is 6. The third-order valence-corrected chi connectivity index (χ3v) is 5.68. The van der Waals surface area contributed by atoms with Gasteiger partial charge in [-0.1, -0.05) is 18.2 Å². The maximum atomic E-state index is 13.1. The number of non-ortho nitro benzene ring substituents is 1. The Hall–Kier alpha value is -4.53. The molecular weight excluding hydrogens is 438 g/mol. The molecule has 1 aliphatic rings. The predicted molar refractivity (Wildman–Crippen MR) is 123 cm³/mol. The van der Waals surface area contributed by atoms with Crippen LogP contribution in [0.25, 0.3) is 5.76 Å². The summed E-state index contributed by atoms with van der Waals surface area (Å²) in [5, 5.41) is 22.6. The molecule has 34 heavy (non-hydrogen) atoms. The number of aliphatic hydroxyl groups is 1. The van der Waals surface area contributed by atoms with Crippen LogP contribution in [0.4, 0.5) is 5.69 Å². The Morgan fingerprint density at radius 3 is 2.62 bits per heavy atom. The van der Waals surface area contributed by atoms with Gasteiger partial charge in [0.05, 0.1) is 23.6 Å². The zero-order chi connectivity index (χ0) is 24.4. The van der Waals surface area contributed by atoms with Crippen LogP contribution in [0.2, 0.25) is 0 Å². The minimum absolute atomic E-state index is 0.0319. The Balaban J connectivity index is 1.89. The number of aryl methyl sites for hydroxylation is 1. The molecule has 1 fully saturated rings. The smallest absolute Gasteiger partial charge is 0.295 e. The highest BCUT2D eigenvalue weighted by atomic mass is 16.6. The molecule has 2 aromatic carbocycles. The number of nitro benzene ring substituents is 1. The van der Waals surface area contributed by atoms with Gasteiger partial charge in [-0.2, -0.15) is 0 Å². The van der Waals surface area contributed by atoms with Crippen molar-refractivity contribution in [2.75, 3.05) is 7.11 Å². The average Bonchev–Trinajstić information content (AvgIpc) is 3.09. The van der Waals surface area contributed by atoms with Crippen molar-refractivity contribution < 1.29 is 24.4 Å². The van der Waals surface area contributed by atoms with E-state index in [0.29, 0.717) is 22.4 Å². The van der Waals surface area contributed by atoms with E-state index in [1.54, 1.807) is 55.7 Å². The van der Waals surface area contributed by atoms with E-state index in [4.69, 9.17) is 4.74 Å². The molecule has 0 saturated carbocycles. The van der Waals surface area contributed by atoms with E-state index in [9.17, 15) is 24.8 Å². The van der Waals surface area contributed by atoms with E-state index in [1.807, 2.05) is 0 Å². The number of hydrogen-bond donors (Lipinski definition) is 1.